The highest BCUT2D eigenvalue weighted by Crippen LogP contribution is 2.13. The second-order valence-corrected chi connectivity index (χ2v) is 4.51. The minimum atomic E-state index is -0.432. The Morgan fingerprint density at radius 3 is 2.25 bits per heavy atom. The first-order valence-electron chi connectivity index (χ1n) is 6.35. The largest absolute Gasteiger partial charge is 0.365 e. The molecule has 1 aromatic carbocycles. The Labute approximate surface area is 117 Å². The van der Waals surface area contributed by atoms with Crippen LogP contribution in [-0.4, -0.2) is 15.5 Å². The van der Waals surface area contributed by atoms with Crippen molar-refractivity contribution in [3.8, 4) is 0 Å². The van der Waals surface area contributed by atoms with Crippen molar-refractivity contribution in [2.24, 2.45) is 5.73 Å². The monoisotopic (exact) mass is 267 g/mol. The van der Waals surface area contributed by atoms with E-state index in [2.05, 4.69) is 24.2 Å². The molecule has 4 nitrogen and oxygen atoms in total. The summed E-state index contributed by atoms with van der Waals surface area (Å²) in [7, 11) is 0. The molecule has 3 aromatic rings. The molecule has 0 aliphatic rings. The van der Waals surface area contributed by atoms with E-state index < -0.39 is 5.91 Å². The van der Waals surface area contributed by atoms with Crippen LogP contribution in [0.3, 0.4) is 0 Å². The Bertz CT molecular complexity index is 717. The van der Waals surface area contributed by atoms with Gasteiger partial charge in [-0.05, 0) is 26.0 Å². The van der Waals surface area contributed by atoms with Gasteiger partial charge in [-0.25, -0.2) is 4.52 Å². The quantitative estimate of drug-likeness (QED) is 0.737. The zero-order chi connectivity index (χ0) is 14.5. The zero-order valence-corrected chi connectivity index (χ0v) is 11.6. The Hall–Kier alpha value is -2.62. The molecule has 0 fully saturated rings. The molecule has 0 saturated carbocycles. The van der Waals surface area contributed by atoms with Gasteiger partial charge in [-0.3, -0.25) is 4.79 Å². The number of primary amides is 1. The number of amides is 1. The maximum absolute atomic E-state index is 11.1. The summed E-state index contributed by atoms with van der Waals surface area (Å²) in [6, 6.07) is 15.8. The van der Waals surface area contributed by atoms with Crippen molar-refractivity contribution in [1.29, 1.82) is 0 Å². The molecule has 0 saturated heterocycles. The summed E-state index contributed by atoms with van der Waals surface area (Å²) < 4.78 is 1.65. The van der Waals surface area contributed by atoms with Crippen LogP contribution in [0.25, 0.3) is 5.52 Å². The number of carbonyl (C=O) groups is 1. The molecule has 0 unspecified atom stereocenters. The van der Waals surface area contributed by atoms with E-state index in [1.54, 1.807) is 17.6 Å². The standard InChI is InChI=1S/C9H9N3O.C7H8/c1-6-8(9(10)13)7-4-2-3-5-12(7)11-6;1-7-5-3-2-4-6-7/h2-5H,1H3,(H2,10,13);2-6H,1H3. The smallest absolute Gasteiger partial charge is 0.252 e. The van der Waals surface area contributed by atoms with E-state index in [9.17, 15) is 4.79 Å². The van der Waals surface area contributed by atoms with Crippen LogP contribution in [0.1, 0.15) is 21.6 Å². The van der Waals surface area contributed by atoms with Crippen LogP contribution in [0.4, 0.5) is 0 Å². The molecule has 1 amide bonds. The van der Waals surface area contributed by atoms with Crippen molar-refractivity contribution in [3.05, 3.63) is 71.5 Å². The molecule has 2 aromatic heterocycles. The fourth-order valence-corrected chi connectivity index (χ4v) is 1.96. The van der Waals surface area contributed by atoms with Crippen LogP contribution < -0.4 is 5.73 Å². The van der Waals surface area contributed by atoms with Gasteiger partial charge in [0.15, 0.2) is 0 Å². The molecule has 20 heavy (non-hydrogen) atoms. The normalized spacial score (nSPS) is 9.90. The predicted octanol–water partition coefficient (Wildman–Crippen LogP) is 2.74. The number of nitrogens with two attached hydrogens (primary N) is 1. The molecule has 0 aliphatic heterocycles. The Morgan fingerprint density at radius 2 is 1.70 bits per heavy atom. The van der Waals surface area contributed by atoms with Crippen molar-refractivity contribution in [2.45, 2.75) is 13.8 Å². The van der Waals surface area contributed by atoms with Gasteiger partial charge in [-0.2, -0.15) is 5.10 Å². The van der Waals surface area contributed by atoms with Crippen LogP contribution in [0, 0.1) is 13.8 Å². The van der Waals surface area contributed by atoms with Crippen molar-refractivity contribution in [2.75, 3.05) is 0 Å². The maximum atomic E-state index is 11.1. The maximum Gasteiger partial charge on any atom is 0.252 e. The SMILES string of the molecule is Cc1ccccc1.Cc1nn2ccccc2c1C(N)=O. The topological polar surface area (TPSA) is 60.4 Å². The number of benzene rings is 1. The highest BCUT2D eigenvalue weighted by molar-refractivity contribution is 6.00. The number of rotatable bonds is 1. The van der Waals surface area contributed by atoms with Crippen LogP contribution in [-0.2, 0) is 0 Å². The summed E-state index contributed by atoms with van der Waals surface area (Å²) in [5.41, 5.74) is 8.48. The van der Waals surface area contributed by atoms with E-state index in [0.29, 0.717) is 11.3 Å². The van der Waals surface area contributed by atoms with Crippen LogP contribution >= 0.6 is 0 Å². The van der Waals surface area contributed by atoms with Gasteiger partial charge in [0.25, 0.3) is 5.91 Å². The minimum Gasteiger partial charge on any atom is -0.365 e. The number of aryl methyl sites for hydroxylation is 2. The lowest BCUT2D eigenvalue weighted by atomic mass is 10.2. The third kappa shape index (κ3) is 3.03. The van der Waals surface area contributed by atoms with Crippen molar-refractivity contribution in [1.82, 2.24) is 9.61 Å². The first kappa shape index (κ1) is 13.8. The number of hydrogen-bond donors (Lipinski definition) is 1. The molecular weight excluding hydrogens is 250 g/mol. The molecule has 4 heteroatoms. The lowest BCUT2D eigenvalue weighted by Crippen LogP contribution is -2.11. The fraction of sp³-hybridized carbons (Fsp3) is 0.125. The minimum absolute atomic E-state index is 0.432. The number of fused-ring (bicyclic) bond motifs is 1. The molecule has 0 aliphatic carbocycles. The van der Waals surface area contributed by atoms with E-state index >= 15 is 0 Å². The van der Waals surface area contributed by atoms with Crippen LogP contribution in [0.15, 0.2) is 54.7 Å². The lowest BCUT2D eigenvalue weighted by molar-refractivity contribution is 0.100. The molecular formula is C16H17N3O. The highest BCUT2D eigenvalue weighted by atomic mass is 16.1. The number of carbonyl (C=O) groups excluding carboxylic acids is 1. The van der Waals surface area contributed by atoms with Gasteiger partial charge in [0.05, 0.1) is 16.8 Å². The summed E-state index contributed by atoms with van der Waals surface area (Å²) in [4.78, 5) is 11.1. The summed E-state index contributed by atoms with van der Waals surface area (Å²) in [5, 5.41) is 4.15. The third-order valence-corrected chi connectivity index (χ3v) is 2.90. The van der Waals surface area contributed by atoms with Crippen molar-refractivity contribution < 1.29 is 4.79 Å². The van der Waals surface area contributed by atoms with E-state index in [-0.39, 0.29) is 0 Å². The summed E-state index contributed by atoms with van der Waals surface area (Å²) in [5.74, 6) is -0.432. The van der Waals surface area contributed by atoms with E-state index in [4.69, 9.17) is 5.73 Å². The first-order chi connectivity index (χ1) is 9.59. The lowest BCUT2D eigenvalue weighted by Gasteiger charge is -1.92. The molecule has 0 bridgehead atoms. The number of hydrogen-bond acceptors (Lipinski definition) is 2. The molecule has 2 N–H and O–H groups in total. The number of nitrogens with zero attached hydrogens (tertiary/aromatic N) is 2. The molecule has 0 radical (unpaired) electrons. The fourth-order valence-electron chi connectivity index (χ4n) is 1.96. The molecule has 0 atom stereocenters. The van der Waals surface area contributed by atoms with Gasteiger partial charge in [0.2, 0.25) is 0 Å². The van der Waals surface area contributed by atoms with Gasteiger partial charge in [-0.15, -0.1) is 0 Å². The van der Waals surface area contributed by atoms with E-state index in [0.717, 1.165) is 5.52 Å². The predicted molar refractivity (Wildman–Crippen MR) is 79.6 cm³/mol. The second-order valence-electron chi connectivity index (χ2n) is 4.51. The average Bonchev–Trinajstić information content (AvgIpc) is 2.76. The second kappa shape index (κ2) is 6.02. The summed E-state index contributed by atoms with van der Waals surface area (Å²) >= 11 is 0. The van der Waals surface area contributed by atoms with Crippen LogP contribution in [0.5, 0.6) is 0 Å². The zero-order valence-electron chi connectivity index (χ0n) is 11.6. The molecule has 3 rings (SSSR count). The van der Waals surface area contributed by atoms with Gasteiger partial charge in [0, 0.05) is 6.20 Å². The van der Waals surface area contributed by atoms with Gasteiger partial charge in [0.1, 0.15) is 0 Å². The average molecular weight is 267 g/mol. The van der Waals surface area contributed by atoms with Gasteiger partial charge >= 0.3 is 0 Å². The third-order valence-electron chi connectivity index (χ3n) is 2.90. The summed E-state index contributed by atoms with van der Waals surface area (Å²) in [6.45, 7) is 3.85. The molecule has 102 valence electrons. The molecule has 2 heterocycles. The van der Waals surface area contributed by atoms with E-state index in [1.165, 1.54) is 5.56 Å². The molecule has 0 spiro atoms. The van der Waals surface area contributed by atoms with Crippen molar-refractivity contribution in [3.63, 3.8) is 0 Å². The highest BCUT2D eigenvalue weighted by Gasteiger charge is 2.12. The van der Waals surface area contributed by atoms with Crippen molar-refractivity contribution >= 4 is 11.4 Å². The van der Waals surface area contributed by atoms with Crippen LogP contribution in [0.2, 0.25) is 0 Å². The Balaban J connectivity index is 0.000000178. The van der Waals surface area contributed by atoms with E-state index in [1.807, 2.05) is 36.4 Å². The first-order valence-corrected chi connectivity index (χ1v) is 6.35. The number of aromatic nitrogens is 2. The Kier molecular flexibility index (Phi) is 4.15. The number of pyridine rings is 1. The Morgan fingerprint density at radius 1 is 1.05 bits per heavy atom. The van der Waals surface area contributed by atoms with Gasteiger partial charge in [-0.1, -0.05) is 42.0 Å². The van der Waals surface area contributed by atoms with Gasteiger partial charge < -0.3 is 5.73 Å². The summed E-state index contributed by atoms with van der Waals surface area (Å²) in [6.07, 6.45) is 1.79.